The molecule has 0 fully saturated rings. The van der Waals surface area contributed by atoms with E-state index in [1.807, 2.05) is 0 Å². The highest BCUT2D eigenvalue weighted by Crippen LogP contribution is 2.15. The van der Waals surface area contributed by atoms with Crippen molar-refractivity contribution in [2.45, 2.75) is 26.9 Å². The number of imidazole rings is 1. The molecule has 2 aromatic heterocycles. The Balaban J connectivity index is 2.60. The fourth-order valence-corrected chi connectivity index (χ4v) is 2.52. The second kappa shape index (κ2) is 6.89. The van der Waals surface area contributed by atoms with Crippen LogP contribution in [0, 0.1) is 27.4 Å². The summed E-state index contributed by atoms with van der Waals surface area (Å²) in [5.74, 6) is -0.316. The molecule has 0 spiro atoms. The van der Waals surface area contributed by atoms with Crippen LogP contribution in [0.4, 0.5) is 5.95 Å². The lowest BCUT2D eigenvalue weighted by atomic mass is 10.3. The lowest BCUT2D eigenvalue weighted by Gasteiger charge is -2.13. The van der Waals surface area contributed by atoms with Gasteiger partial charge in [-0.1, -0.05) is 0 Å². The maximum Gasteiger partial charge on any atom is 0.267 e. The summed E-state index contributed by atoms with van der Waals surface area (Å²) in [7, 11) is 0. The van der Waals surface area contributed by atoms with Gasteiger partial charge >= 0.3 is 0 Å². The van der Waals surface area contributed by atoms with E-state index in [9.17, 15) is 9.90 Å². The molecule has 2 N–H and O–H groups in total. The van der Waals surface area contributed by atoms with Gasteiger partial charge in [0, 0.05) is 19.3 Å². The number of hydrogen-bond acceptors (Lipinski definition) is 7. The first kappa shape index (κ1) is 17.1. The zero-order valence-corrected chi connectivity index (χ0v) is 13.8. The van der Waals surface area contributed by atoms with Crippen LogP contribution >= 0.6 is 12.2 Å². The van der Waals surface area contributed by atoms with Crippen LogP contribution in [0.25, 0.3) is 0 Å². The molecule has 0 aliphatic rings. The maximum absolute atomic E-state index is 12.4. The van der Waals surface area contributed by atoms with E-state index >= 15 is 0 Å². The average molecular weight is 343 g/mol. The highest BCUT2D eigenvalue weighted by Gasteiger charge is 2.14. The Hall–Kier alpha value is -3.24. The van der Waals surface area contributed by atoms with Gasteiger partial charge in [-0.25, -0.2) is 4.99 Å². The van der Waals surface area contributed by atoms with Crippen LogP contribution in [0.3, 0.4) is 0 Å². The van der Waals surface area contributed by atoms with Crippen LogP contribution < -0.4 is 5.56 Å². The van der Waals surface area contributed by atoms with Gasteiger partial charge in [-0.05, 0) is 26.1 Å². The van der Waals surface area contributed by atoms with Crippen LogP contribution in [0.1, 0.15) is 30.8 Å². The molecule has 0 radical (unpaired) electrons. The molecule has 0 bridgehead atoms. The van der Waals surface area contributed by atoms with Crippen molar-refractivity contribution in [1.29, 1.82) is 10.5 Å². The number of aromatic nitrogens is 4. The van der Waals surface area contributed by atoms with Gasteiger partial charge in [0.25, 0.3) is 5.56 Å². The van der Waals surface area contributed by atoms with E-state index in [-0.39, 0.29) is 33.6 Å². The number of aliphatic imine (C=N–C) groups is 1. The first-order valence-electron chi connectivity index (χ1n) is 6.99. The van der Waals surface area contributed by atoms with Crippen molar-refractivity contribution in [2.24, 2.45) is 4.99 Å². The Morgan fingerprint density at radius 1 is 1.33 bits per heavy atom. The van der Waals surface area contributed by atoms with Gasteiger partial charge in [0.2, 0.25) is 11.8 Å². The lowest BCUT2D eigenvalue weighted by Crippen LogP contribution is -2.27. The largest absolute Gasteiger partial charge is 0.494 e. The molecule has 9 nitrogen and oxygen atoms in total. The first-order valence-corrected chi connectivity index (χ1v) is 7.40. The quantitative estimate of drug-likeness (QED) is 0.635. The first-order chi connectivity index (χ1) is 11.5. The molecule has 0 saturated heterocycles. The van der Waals surface area contributed by atoms with Crippen molar-refractivity contribution in [1.82, 2.24) is 19.1 Å². The highest BCUT2D eigenvalue weighted by molar-refractivity contribution is 7.71. The molecule has 2 heterocycles. The number of nitrogens with one attached hydrogen (secondary N) is 1. The summed E-state index contributed by atoms with van der Waals surface area (Å²) >= 11 is 5.19. The molecular formula is C14H13N7O2S. The Morgan fingerprint density at radius 3 is 2.50 bits per heavy atom. The predicted molar refractivity (Wildman–Crippen MR) is 87.8 cm³/mol. The summed E-state index contributed by atoms with van der Waals surface area (Å²) < 4.78 is 2.96. The third kappa shape index (κ3) is 2.83. The topological polar surface area (TPSA) is 136 Å². The summed E-state index contributed by atoms with van der Waals surface area (Å²) in [6.45, 7) is 4.27. The molecule has 0 saturated carbocycles. The minimum absolute atomic E-state index is 0.0181. The Morgan fingerprint density at radius 2 is 2.00 bits per heavy atom. The minimum atomic E-state index is -0.485. The molecule has 0 aliphatic carbocycles. The SMILES string of the molecule is CCn1c(O)c(/C=N/c2nc(C#N)c(C#N)[nH]2)c(=O)n(CC)c1=S. The Labute approximate surface area is 141 Å². The second-order valence-corrected chi connectivity index (χ2v) is 4.94. The fourth-order valence-electron chi connectivity index (χ4n) is 2.10. The maximum atomic E-state index is 12.4. The van der Waals surface area contributed by atoms with E-state index in [1.54, 1.807) is 26.0 Å². The molecule has 0 atom stereocenters. The molecular weight excluding hydrogens is 330 g/mol. The highest BCUT2D eigenvalue weighted by atomic mass is 32.1. The molecule has 2 aromatic rings. The van der Waals surface area contributed by atoms with Gasteiger partial charge in [-0.2, -0.15) is 15.5 Å². The molecule has 0 aliphatic heterocycles. The van der Waals surface area contributed by atoms with Gasteiger partial charge in [0.15, 0.2) is 16.2 Å². The van der Waals surface area contributed by atoms with Crippen LogP contribution in [-0.2, 0) is 13.1 Å². The summed E-state index contributed by atoms with van der Waals surface area (Å²) in [5.41, 5.74) is -0.657. The van der Waals surface area contributed by atoms with Crippen molar-refractivity contribution in [3.05, 3.63) is 32.1 Å². The van der Waals surface area contributed by atoms with Gasteiger partial charge in [0.1, 0.15) is 17.7 Å². The molecule has 0 aromatic carbocycles. The number of nitriles is 2. The van der Waals surface area contributed by atoms with E-state index < -0.39 is 5.56 Å². The number of nitrogens with zero attached hydrogens (tertiary/aromatic N) is 6. The van der Waals surface area contributed by atoms with Crippen molar-refractivity contribution < 1.29 is 5.11 Å². The summed E-state index contributed by atoms with van der Waals surface area (Å²) in [4.78, 5) is 22.7. The van der Waals surface area contributed by atoms with Gasteiger partial charge in [-0.15, -0.1) is 0 Å². The predicted octanol–water partition coefficient (Wildman–Crippen LogP) is 1.34. The normalized spacial score (nSPS) is 10.7. The molecule has 2 rings (SSSR count). The second-order valence-electron chi connectivity index (χ2n) is 4.58. The number of aromatic amines is 1. The van der Waals surface area contributed by atoms with Crippen LogP contribution in [0.15, 0.2) is 9.79 Å². The fraction of sp³-hybridized carbons (Fsp3) is 0.286. The molecule has 122 valence electrons. The standard InChI is InChI=1S/C14H13N7O2S/c1-3-20-11(22)8(12(23)21(4-2)14(20)24)7-17-13-18-9(5-15)10(6-16)19-13/h7,22H,3-4H2,1-2H3,(H,18,19)/b17-7+. The summed E-state index contributed by atoms with van der Waals surface area (Å²) in [6.07, 6.45) is 1.13. The number of H-pyrrole nitrogens is 1. The van der Waals surface area contributed by atoms with Crippen LogP contribution in [-0.4, -0.2) is 30.4 Å². The van der Waals surface area contributed by atoms with Crippen molar-refractivity contribution in [3.8, 4) is 18.0 Å². The molecule has 10 heteroatoms. The number of rotatable bonds is 4. The monoisotopic (exact) mass is 343 g/mol. The van der Waals surface area contributed by atoms with Crippen LogP contribution in [0.2, 0.25) is 0 Å². The van der Waals surface area contributed by atoms with Crippen LogP contribution in [0.5, 0.6) is 5.88 Å². The van der Waals surface area contributed by atoms with E-state index in [0.717, 1.165) is 6.21 Å². The van der Waals surface area contributed by atoms with Gasteiger partial charge < -0.3 is 10.1 Å². The van der Waals surface area contributed by atoms with Crippen molar-refractivity contribution >= 4 is 24.4 Å². The van der Waals surface area contributed by atoms with Crippen molar-refractivity contribution in [2.75, 3.05) is 0 Å². The third-order valence-electron chi connectivity index (χ3n) is 3.29. The lowest BCUT2D eigenvalue weighted by molar-refractivity contribution is 0.399. The molecule has 24 heavy (non-hydrogen) atoms. The third-order valence-corrected chi connectivity index (χ3v) is 3.73. The molecule has 0 amide bonds. The number of hydrogen-bond donors (Lipinski definition) is 2. The van der Waals surface area contributed by atoms with E-state index in [0.29, 0.717) is 13.1 Å². The van der Waals surface area contributed by atoms with E-state index in [4.69, 9.17) is 22.7 Å². The zero-order chi connectivity index (χ0) is 17.9. The van der Waals surface area contributed by atoms with Crippen molar-refractivity contribution in [3.63, 3.8) is 0 Å². The minimum Gasteiger partial charge on any atom is -0.494 e. The summed E-state index contributed by atoms with van der Waals surface area (Å²) in [5, 5.41) is 28.0. The zero-order valence-electron chi connectivity index (χ0n) is 12.9. The smallest absolute Gasteiger partial charge is 0.267 e. The number of aromatic hydroxyl groups is 1. The summed E-state index contributed by atoms with van der Waals surface area (Å²) in [6, 6.07) is 3.54. The van der Waals surface area contributed by atoms with Gasteiger partial charge in [0.05, 0.1) is 0 Å². The Bertz CT molecular complexity index is 982. The molecule has 0 unspecified atom stereocenters. The Kier molecular flexibility index (Phi) is 4.92. The van der Waals surface area contributed by atoms with E-state index in [2.05, 4.69) is 15.0 Å². The average Bonchev–Trinajstić information content (AvgIpc) is 2.98. The van der Waals surface area contributed by atoms with E-state index in [1.165, 1.54) is 9.13 Å². The van der Waals surface area contributed by atoms with Gasteiger partial charge in [-0.3, -0.25) is 13.9 Å².